The number of hydrogen-bond donors (Lipinski definition) is 3. The second-order valence-corrected chi connectivity index (χ2v) is 9.84. The zero-order valence-corrected chi connectivity index (χ0v) is 20.0. The maximum absolute atomic E-state index is 13.3. The number of esters is 1. The van der Waals surface area contributed by atoms with Crippen LogP contribution < -0.4 is 20.9 Å². The van der Waals surface area contributed by atoms with Crippen molar-refractivity contribution < 1.29 is 33.0 Å². The number of ether oxygens (including phenoxy) is 2. The van der Waals surface area contributed by atoms with E-state index < -0.39 is 61.9 Å². The van der Waals surface area contributed by atoms with E-state index in [2.05, 4.69) is 10.1 Å². The quantitative estimate of drug-likeness (QED) is 0.237. The van der Waals surface area contributed by atoms with Crippen molar-refractivity contribution in [2.45, 2.75) is 43.8 Å². The topological polar surface area (TPSA) is 158 Å². The zero-order valence-electron chi connectivity index (χ0n) is 18.3. The van der Waals surface area contributed by atoms with Gasteiger partial charge < -0.3 is 19.1 Å². The largest absolute Gasteiger partial charge is 0.462 e. The van der Waals surface area contributed by atoms with Crippen LogP contribution >= 0.6 is 19.3 Å². The number of carbonyl (C=O) groups is 1. The van der Waals surface area contributed by atoms with Crippen molar-refractivity contribution in [1.82, 2.24) is 14.6 Å². The summed E-state index contributed by atoms with van der Waals surface area (Å²) in [5.41, 5.74) is -1.38. The molecule has 186 valence electrons. The Balaban J connectivity index is 1.71. The van der Waals surface area contributed by atoms with Crippen molar-refractivity contribution in [2.75, 3.05) is 13.2 Å². The van der Waals surface area contributed by atoms with Crippen molar-refractivity contribution in [1.29, 1.82) is 0 Å². The average Bonchev–Trinajstić information content (AvgIpc) is 3.05. The molecule has 3 N–H and O–H groups in total. The molecule has 1 aliphatic rings. The predicted molar refractivity (Wildman–Crippen MR) is 121 cm³/mol. The number of carbonyl (C=O) groups excluding carboxylic acids is 1. The molecule has 2 heterocycles. The average molecular weight is 518 g/mol. The molecule has 0 saturated carbocycles. The van der Waals surface area contributed by atoms with Crippen LogP contribution in [-0.4, -0.2) is 57.5 Å². The van der Waals surface area contributed by atoms with Gasteiger partial charge in [-0.25, -0.2) is 14.4 Å². The number of H-pyrrole nitrogens is 1. The molecular weight excluding hydrogens is 493 g/mol. The van der Waals surface area contributed by atoms with Gasteiger partial charge in [0.1, 0.15) is 29.9 Å². The number of para-hydroxylation sites is 1. The second-order valence-electron chi connectivity index (χ2n) is 7.59. The van der Waals surface area contributed by atoms with E-state index in [0.29, 0.717) is 0 Å². The van der Waals surface area contributed by atoms with Crippen molar-refractivity contribution in [3.8, 4) is 5.75 Å². The summed E-state index contributed by atoms with van der Waals surface area (Å²) in [6, 6.07) is 9.22. The summed E-state index contributed by atoms with van der Waals surface area (Å²) in [6.07, 6.45) is -2.74. The highest BCUT2D eigenvalue weighted by Gasteiger charge is 2.45. The van der Waals surface area contributed by atoms with Crippen LogP contribution in [0.4, 0.5) is 0 Å². The van der Waals surface area contributed by atoms with Crippen molar-refractivity contribution in [2.24, 2.45) is 0 Å². The molecule has 1 saturated heterocycles. The summed E-state index contributed by atoms with van der Waals surface area (Å²) in [5.74, 6) is -0.470. The van der Waals surface area contributed by atoms with Gasteiger partial charge in [0, 0.05) is 12.3 Å². The number of hydrogen-bond acceptors (Lipinski definition) is 9. The van der Waals surface area contributed by atoms with Crippen LogP contribution in [-0.2, 0) is 23.4 Å². The summed E-state index contributed by atoms with van der Waals surface area (Å²) in [4.78, 5) is 37.4. The van der Waals surface area contributed by atoms with Gasteiger partial charge in [0.15, 0.2) is 6.23 Å². The minimum absolute atomic E-state index is 0.205. The normalized spacial score (nSPS) is 24.0. The number of aromatic amines is 1. The molecule has 12 nitrogen and oxygen atoms in total. The van der Waals surface area contributed by atoms with E-state index in [9.17, 15) is 24.1 Å². The standard InChI is InChI=1S/C20H25ClN3O9P/c1-12(2)31-16(26)10-22-34(29,33-13-6-4-3-5-7-13)30-11-14-18(27)17(21)19(32-14)24-9-8-15(25)23-20(24)28/h3-9,12,14,17-19,27H,10-11H2,1-2H3,(H,22,29)(H,23,25,28)/t14-,17+,18-,19-,34?/m1/s1. The van der Waals surface area contributed by atoms with Gasteiger partial charge in [-0.15, -0.1) is 11.6 Å². The van der Waals surface area contributed by atoms with Crippen LogP contribution in [0.2, 0.25) is 0 Å². The fourth-order valence-electron chi connectivity index (χ4n) is 3.05. The third-order valence-electron chi connectivity index (χ3n) is 4.58. The van der Waals surface area contributed by atoms with Gasteiger partial charge in [0.2, 0.25) is 0 Å². The third kappa shape index (κ3) is 6.78. The van der Waals surface area contributed by atoms with E-state index in [1.54, 1.807) is 44.2 Å². The number of nitrogens with zero attached hydrogens (tertiary/aromatic N) is 1. The van der Waals surface area contributed by atoms with E-state index in [4.69, 9.17) is 30.1 Å². The van der Waals surface area contributed by atoms with E-state index >= 15 is 0 Å². The van der Waals surface area contributed by atoms with Crippen molar-refractivity contribution >= 4 is 25.3 Å². The van der Waals surface area contributed by atoms with Crippen LogP contribution in [0.15, 0.2) is 52.2 Å². The highest BCUT2D eigenvalue weighted by molar-refractivity contribution is 7.52. The Morgan fingerprint density at radius 3 is 2.65 bits per heavy atom. The first-order valence-corrected chi connectivity index (χ1v) is 12.3. The summed E-state index contributed by atoms with van der Waals surface area (Å²) < 4.78 is 35.9. The second kappa shape index (κ2) is 11.3. The molecule has 0 bridgehead atoms. The number of aliphatic hydroxyl groups is 1. The third-order valence-corrected chi connectivity index (χ3v) is 6.54. The molecule has 0 aliphatic carbocycles. The molecular formula is C20H25ClN3O9P. The van der Waals surface area contributed by atoms with Gasteiger partial charge in [-0.2, -0.15) is 0 Å². The van der Waals surface area contributed by atoms with Gasteiger partial charge in [0.25, 0.3) is 5.56 Å². The molecule has 2 aromatic rings. The summed E-state index contributed by atoms with van der Waals surface area (Å²) in [7, 11) is -4.15. The number of halogens is 1. The number of rotatable bonds is 10. The number of alkyl halides is 1. The SMILES string of the molecule is CC(C)OC(=O)CNP(=O)(OC[C@H]1O[C@@H](n2ccc(=O)[nH]c2=O)[C@@H](Cl)[C@@H]1O)Oc1ccccc1. The molecule has 5 atom stereocenters. The highest BCUT2D eigenvalue weighted by Crippen LogP contribution is 2.45. The molecule has 3 rings (SSSR count). The fraction of sp³-hybridized carbons (Fsp3) is 0.450. The molecule has 1 unspecified atom stereocenters. The number of aromatic nitrogens is 2. The summed E-state index contributed by atoms with van der Waals surface area (Å²) in [6.45, 7) is 2.40. The van der Waals surface area contributed by atoms with E-state index in [1.807, 2.05) is 0 Å². The Kier molecular flexibility index (Phi) is 8.69. The molecule has 0 radical (unpaired) electrons. The van der Waals surface area contributed by atoms with E-state index in [1.165, 1.54) is 6.20 Å². The Hall–Kier alpha value is -2.47. The highest BCUT2D eigenvalue weighted by atomic mass is 35.5. The van der Waals surface area contributed by atoms with Gasteiger partial charge in [-0.05, 0) is 26.0 Å². The lowest BCUT2D eigenvalue weighted by Crippen LogP contribution is -2.35. The van der Waals surface area contributed by atoms with E-state index in [-0.39, 0.29) is 11.9 Å². The van der Waals surface area contributed by atoms with Crippen molar-refractivity contribution in [3.63, 3.8) is 0 Å². The minimum Gasteiger partial charge on any atom is -0.462 e. The molecule has 1 aromatic heterocycles. The molecule has 0 amide bonds. The first kappa shape index (κ1) is 26.1. The van der Waals surface area contributed by atoms with Gasteiger partial charge in [0.05, 0.1) is 12.7 Å². The molecule has 14 heteroatoms. The summed E-state index contributed by atoms with van der Waals surface area (Å²) >= 11 is 6.24. The van der Waals surface area contributed by atoms with Gasteiger partial charge in [-0.3, -0.25) is 23.7 Å². The molecule has 1 aromatic carbocycles. The van der Waals surface area contributed by atoms with Crippen LogP contribution in [0.5, 0.6) is 5.75 Å². The van der Waals surface area contributed by atoms with E-state index in [0.717, 1.165) is 10.6 Å². The van der Waals surface area contributed by atoms with Gasteiger partial charge >= 0.3 is 19.4 Å². The molecule has 1 aliphatic heterocycles. The van der Waals surface area contributed by atoms with Crippen LogP contribution in [0, 0.1) is 0 Å². The fourth-order valence-corrected chi connectivity index (χ4v) is 4.67. The molecule has 34 heavy (non-hydrogen) atoms. The summed E-state index contributed by atoms with van der Waals surface area (Å²) in [5, 5.41) is 11.8. The van der Waals surface area contributed by atoms with Gasteiger partial charge in [-0.1, -0.05) is 18.2 Å². The predicted octanol–water partition coefficient (Wildman–Crippen LogP) is 1.15. The lowest BCUT2D eigenvalue weighted by Gasteiger charge is -2.22. The minimum atomic E-state index is -4.15. The Morgan fingerprint density at radius 2 is 2.00 bits per heavy atom. The zero-order chi connectivity index (χ0) is 24.9. The number of aliphatic hydroxyl groups excluding tert-OH is 1. The monoisotopic (exact) mass is 517 g/mol. The Morgan fingerprint density at radius 1 is 1.29 bits per heavy atom. The first-order valence-electron chi connectivity index (χ1n) is 10.3. The molecule has 1 fully saturated rings. The lowest BCUT2D eigenvalue weighted by atomic mass is 10.2. The van der Waals surface area contributed by atoms with Crippen molar-refractivity contribution in [3.05, 3.63) is 63.4 Å². The lowest BCUT2D eigenvalue weighted by molar-refractivity contribution is -0.146. The van der Waals surface area contributed by atoms with Crippen LogP contribution in [0.25, 0.3) is 0 Å². The number of nitrogens with one attached hydrogen (secondary N) is 2. The maximum Gasteiger partial charge on any atom is 0.459 e. The van der Waals surface area contributed by atoms with Crippen LogP contribution in [0.1, 0.15) is 20.1 Å². The smallest absolute Gasteiger partial charge is 0.459 e. The first-order chi connectivity index (χ1) is 16.1. The Bertz CT molecular complexity index is 1140. The molecule has 0 spiro atoms. The Labute approximate surface area is 199 Å². The maximum atomic E-state index is 13.3. The van der Waals surface area contributed by atoms with Crippen LogP contribution in [0.3, 0.4) is 0 Å². The number of benzene rings is 1.